The lowest BCUT2D eigenvalue weighted by atomic mass is 9.89. The number of ether oxygens (including phenoxy) is 1. The molecule has 2 aliphatic heterocycles. The van der Waals surface area contributed by atoms with E-state index >= 15 is 0 Å². The number of benzene rings is 2. The number of aromatic nitrogens is 2. The van der Waals surface area contributed by atoms with Crippen molar-refractivity contribution in [3.63, 3.8) is 0 Å². The van der Waals surface area contributed by atoms with Crippen LogP contribution in [0, 0.1) is 23.5 Å². The number of aliphatic hydroxyl groups is 1. The molecule has 1 aromatic heterocycles. The molecule has 0 aliphatic carbocycles. The number of alkyl halides is 1. The number of urea groups is 1. The van der Waals surface area contributed by atoms with Gasteiger partial charge in [0.05, 0.1) is 17.8 Å². The minimum atomic E-state index is -1.13. The van der Waals surface area contributed by atoms with Crippen LogP contribution in [0.1, 0.15) is 37.2 Å². The van der Waals surface area contributed by atoms with Crippen molar-refractivity contribution in [1.29, 1.82) is 0 Å². The first-order valence-corrected chi connectivity index (χ1v) is 14.5. The molecule has 0 bridgehead atoms. The van der Waals surface area contributed by atoms with Gasteiger partial charge in [0.1, 0.15) is 23.6 Å². The van der Waals surface area contributed by atoms with Gasteiger partial charge in [-0.05, 0) is 49.4 Å². The van der Waals surface area contributed by atoms with Gasteiger partial charge in [-0.1, -0.05) is 30.3 Å². The summed E-state index contributed by atoms with van der Waals surface area (Å²) >= 11 is 0. The van der Waals surface area contributed by atoms with Crippen LogP contribution in [0.5, 0.6) is 0 Å². The fourth-order valence-corrected chi connectivity index (χ4v) is 5.82. The molecule has 2 aliphatic rings. The van der Waals surface area contributed by atoms with Crippen LogP contribution in [0.4, 0.5) is 18.0 Å². The Kier molecular flexibility index (Phi) is 9.81. The van der Waals surface area contributed by atoms with Crippen LogP contribution in [0.3, 0.4) is 0 Å². The van der Waals surface area contributed by atoms with E-state index in [9.17, 15) is 23.1 Å². The number of hydrogen-bond donors (Lipinski definition) is 3. The fourth-order valence-electron chi connectivity index (χ4n) is 5.82. The highest BCUT2D eigenvalue weighted by Gasteiger charge is 2.40. The Hall–Kier alpha value is -3.41. The molecule has 3 heterocycles. The lowest BCUT2D eigenvalue weighted by Crippen LogP contribution is -2.50. The lowest BCUT2D eigenvalue weighted by Gasteiger charge is -2.40. The lowest BCUT2D eigenvalue weighted by molar-refractivity contribution is 0.0255. The molecule has 11 heteroatoms. The van der Waals surface area contributed by atoms with Crippen molar-refractivity contribution in [2.45, 2.75) is 44.6 Å². The zero-order valence-electron chi connectivity index (χ0n) is 23.7. The Morgan fingerprint density at radius 2 is 1.95 bits per heavy atom. The minimum absolute atomic E-state index is 0.0164. The second kappa shape index (κ2) is 13.7. The highest BCUT2D eigenvalue weighted by Crippen LogP contribution is 2.38. The summed E-state index contributed by atoms with van der Waals surface area (Å²) in [4.78, 5) is 20.3. The summed E-state index contributed by atoms with van der Waals surface area (Å²) in [5.74, 6) is -1.24. The van der Waals surface area contributed by atoms with Crippen molar-refractivity contribution < 1.29 is 27.8 Å². The van der Waals surface area contributed by atoms with Gasteiger partial charge in [-0.3, -0.25) is 0 Å². The van der Waals surface area contributed by atoms with E-state index in [1.165, 1.54) is 0 Å². The standard InChI is InChI=1S/C31H38F3N5O3/c1-20(40)14-36-31(41)39(18-23-15-35-16-27(23)34)29(22-9-11-42-12-10-22)30-37-28(25-13-24(32)7-8-26(25)33)19-38(30)17-21-5-3-2-4-6-21/h2-8,13,19-20,22-23,27,29,35,40H,9-12,14-18H2,1H3,(H,36,41)/t20-,23+,27+,29-/m1/s1. The molecule has 0 unspecified atom stereocenters. The number of rotatable bonds is 10. The predicted molar refractivity (Wildman–Crippen MR) is 152 cm³/mol. The number of nitrogens with one attached hydrogen (secondary N) is 2. The molecule has 3 N–H and O–H groups in total. The van der Waals surface area contributed by atoms with Crippen molar-refractivity contribution >= 4 is 6.03 Å². The number of carbonyl (C=O) groups is 1. The van der Waals surface area contributed by atoms with Crippen LogP contribution in [0.2, 0.25) is 0 Å². The molecular weight excluding hydrogens is 547 g/mol. The molecule has 2 amide bonds. The molecular formula is C31H38F3N5O3. The molecule has 4 atom stereocenters. The third-order valence-corrected chi connectivity index (χ3v) is 8.02. The molecule has 0 spiro atoms. The molecule has 2 aromatic carbocycles. The van der Waals surface area contributed by atoms with Gasteiger partial charge in [-0.2, -0.15) is 0 Å². The SMILES string of the molecule is C[C@@H](O)CNC(=O)N(C[C@@H]1CNC[C@@H]1F)[C@@H](c1nc(-c2cc(F)ccc2F)cn1Cc1ccccc1)C1CCOCC1. The fraction of sp³-hybridized carbons (Fsp3) is 0.484. The second-order valence-corrected chi connectivity index (χ2v) is 11.2. The van der Waals surface area contributed by atoms with E-state index in [0.717, 1.165) is 23.8 Å². The number of amides is 2. The zero-order chi connectivity index (χ0) is 29.6. The van der Waals surface area contributed by atoms with Gasteiger partial charge in [0, 0.05) is 63.6 Å². The average Bonchev–Trinajstić information content (AvgIpc) is 3.59. The Morgan fingerprint density at radius 3 is 2.64 bits per heavy atom. The summed E-state index contributed by atoms with van der Waals surface area (Å²) < 4.78 is 51.7. The van der Waals surface area contributed by atoms with E-state index < -0.39 is 41.9 Å². The predicted octanol–water partition coefficient (Wildman–Crippen LogP) is 4.29. The van der Waals surface area contributed by atoms with E-state index in [4.69, 9.17) is 9.72 Å². The summed E-state index contributed by atoms with van der Waals surface area (Å²) in [5, 5.41) is 15.8. The molecule has 3 aromatic rings. The Morgan fingerprint density at radius 1 is 1.19 bits per heavy atom. The second-order valence-electron chi connectivity index (χ2n) is 11.2. The zero-order valence-corrected chi connectivity index (χ0v) is 23.7. The van der Waals surface area contributed by atoms with Gasteiger partial charge in [0.15, 0.2) is 0 Å². The molecule has 226 valence electrons. The number of nitrogens with zero attached hydrogens (tertiary/aromatic N) is 3. The normalized spacial score (nSPS) is 20.8. The molecule has 2 saturated heterocycles. The first-order valence-electron chi connectivity index (χ1n) is 14.5. The van der Waals surface area contributed by atoms with E-state index in [0.29, 0.717) is 45.0 Å². The van der Waals surface area contributed by atoms with Gasteiger partial charge in [-0.25, -0.2) is 22.9 Å². The maximum atomic E-state index is 15.0. The summed E-state index contributed by atoms with van der Waals surface area (Å²) in [5.41, 5.74) is 1.22. The van der Waals surface area contributed by atoms with Crippen molar-refractivity contribution in [2.75, 3.05) is 39.4 Å². The topological polar surface area (TPSA) is 91.6 Å². The van der Waals surface area contributed by atoms with Crippen LogP contribution < -0.4 is 10.6 Å². The van der Waals surface area contributed by atoms with Crippen molar-refractivity contribution in [1.82, 2.24) is 25.1 Å². The Labute approximate surface area is 243 Å². The maximum Gasteiger partial charge on any atom is 0.318 e. The van der Waals surface area contributed by atoms with Gasteiger partial charge in [-0.15, -0.1) is 0 Å². The molecule has 0 saturated carbocycles. The Bertz CT molecular complexity index is 1330. The van der Waals surface area contributed by atoms with Crippen LogP contribution in [0.15, 0.2) is 54.7 Å². The van der Waals surface area contributed by atoms with E-state index in [-0.39, 0.29) is 36.8 Å². The molecule has 42 heavy (non-hydrogen) atoms. The number of carbonyl (C=O) groups excluding carboxylic acids is 1. The van der Waals surface area contributed by atoms with E-state index in [2.05, 4.69) is 10.6 Å². The maximum absolute atomic E-state index is 15.0. The largest absolute Gasteiger partial charge is 0.392 e. The quantitative estimate of drug-likeness (QED) is 0.330. The highest BCUT2D eigenvalue weighted by atomic mass is 19.1. The summed E-state index contributed by atoms with van der Waals surface area (Å²) in [6.07, 6.45) is 1.05. The van der Waals surface area contributed by atoms with Crippen LogP contribution >= 0.6 is 0 Å². The van der Waals surface area contributed by atoms with Crippen LogP contribution in [0.25, 0.3) is 11.3 Å². The third-order valence-electron chi connectivity index (χ3n) is 8.02. The van der Waals surface area contributed by atoms with Crippen molar-refractivity contribution in [2.24, 2.45) is 11.8 Å². The smallest absolute Gasteiger partial charge is 0.318 e. The molecule has 8 nitrogen and oxygen atoms in total. The Balaban J connectivity index is 1.63. The first kappa shape index (κ1) is 30.1. The number of halogens is 3. The molecule has 2 fully saturated rings. The van der Waals surface area contributed by atoms with Gasteiger partial charge in [0.2, 0.25) is 0 Å². The van der Waals surface area contributed by atoms with Gasteiger partial charge in [0.25, 0.3) is 0 Å². The minimum Gasteiger partial charge on any atom is -0.392 e. The van der Waals surface area contributed by atoms with Gasteiger partial charge < -0.3 is 29.9 Å². The number of imidazole rings is 1. The first-order chi connectivity index (χ1) is 20.3. The number of aliphatic hydroxyl groups excluding tert-OH is 1. The molecule has 0 radical (unpaired) electrons. The number of hydrogen-bond acceptors (Lipinski definition) is 5. The monoisotopic (exact) mass is 585 g/mol. The third kappa shape index (κ3) is 7.14. The van der Waals surface area contributed by atoms with Crippen molar-refractivity contribution in [3.05, 3.63) is 77.8 Å². The van der Waals surface area contributed by atoms with E-state index in [1.54, 1.807) is 18.0 Å². The van der Waals surface area contributed by atoms with Crippen LogP contribution in [-0.2, 0) is 11.3 Å². The van der Waals surface area contributed by atoms with Crippen LogP contribution in [-0.4, -0.2) is 77.3 Å². The molecule has 5 rings (SSSR count). The van der Waals surface area contributed by atoms with Gasteiger partial charge >= 0.3 is 6.03 Å². The van der Waals surface area contributed by atoms with E-state index in [1.807, 2.05) is 34.9 Å². The summed E-state index contributed by atoms with van der Waals surface area (Å²) in [6, 6.07) is 11.8. The highest BCUT2D eigenvalue weighted by molar-refractivity contribution is 5.75. The summed E-state index contributed by atoms with van der Waals surface area (Å²) in [6.45, 7) is 3.70. The average molecular weight is 586 g/mol. The van der Waals surface area contributed by atoms with Crippen molar-refractivity contribution in [3.8, 4) is 11.3 Å². The summed E-state index contributed by atoms with van der Waals surface area (Å²) in [7, 11) is 0.